The fraction of sp³-hybridized carbons (Fsp3) is 0.154. The van der Waals surface area contributed by atoms with Crippen LogP contribution in [-0.4, -0.2) is 24.8 Å². The Labute approximate surface area is 94.7 Å². The standard InChI is InChI=1S/C13H14FNO/c1-15(2)10-9-13(16)8-5-11-3-6-12(14)7-4-11/h3-10H,1-2H3/b8-5+,10-9+. The van der Waals surface area contributed by atoms with Crippen LogP contribution in [0.4, 0.5) is 4.39 Å². The smallest absolute Gasteiger partial charge is 0.180 e. The van der Waals surface area contributed by atoms with Gasteiger partial charge in [0.1, 0.15) is 5.82 Å². The van der Waals surface area contributed by atoms with E-state index < -0.39 is 0 Å². The van der Waals surface area contributed by atoms with Gasteiger partial charge in [-0.2, -0.15) is 0 Å². The molecule has 1 aromatic carbocycles. The van der Waals surface area contributed by atoms with E-state index in [-0.39, 0.29) is 11.6 Å². The van der Waals surface area contributed by atoms with Gasteiger partial charge in [0.25, 0.3) is 0 Å². The van der Waals surface area contributed by atoms with Crippen LogP contribution in [0, 0.1) is 5.82 Å². The predicted molar refractivity (Wildman–Crippen MR) is 63.3 cm³/mol. The lowest BCUT2D eigenvalue weighted by atomic mass is 10.2. The Morgan fingerprint density at radius 1 is 1.19 bits per heavy atom. The van der Waals surface area contributed by atoms with Gasteiger partial charge in [0.05, 0.1) is 0 Å². The topological polar surface area (TPSA) is 20.3 Å². The molecule has 0 aliphatic rings. The highest BCUT2D eigenvalue weighted by molar-refractivity contribution is 6.01. The molecule has 0 N–H and O–H groups in total. The number of carbonyl (C=O) groups excluding carboxylic acids is 1. The second-order valence-corrected chi connectivity index (χ2v) is 3.57. The summed E-state index contributed by atoms with van der Waals surface area (Å²) in [5, 5.41) is 0. The molecular weight excluding hydrogens is 205 g/mol. The molecule has 0 fully saturated rings. The number of benzene rings is 1. The first-order chi connectivity index (χ1) is 7.58. The average Bonchev–Trinajstić information content (AvgIpc) is 2.25. The summed E-state index contributed by atoms with van der Waals surface area (Å²) < 4.78 is 12.6. The normalized spacial score (nSPS) is 11.2. The number of halogens is 1. The van der Waals surface area contributed by atoms with E-state index in [9.17, 15) is 9.18 Å². The van der Waals surface area contributed by atoms with Gasteiger partial charge in [0.2, 0.25) is 0 Å². The van der Waals surface area contributed by atoms with Crippen LogP contribution in [0.25, 0.3) is 6.08 Å². The Morgan fingerprint density at radius 2 is 1.81 bits per heavy atom. The molecule has 0 unspecified atom stereocenters. The summed E-state index contributed by atoms with van der Waals surface area (Å²) >= 11 is 0. The van der Waals surface area contributed by atoms with Gasteiger partial charge in [0, 0.05) is 26.4 Å². The van der Waals surface area contributed by atoms with E-state index in [1.54, 1.807) is 29.3 Å². The Balaban J connectivity index is 2.60. The van der Waals surface area contributed by atoms with Gasteiger partial charge in [-0.25, -0.2) is 4.39 Å². The summed E-state index contributed by atoms with van der Waals surface area (Å²) in [6.45, 7) is 0. The summed E-state index contributed by atoms with van der Waals surface area (Å²) in [5.74, 6) is -0.381. The van der Waals surface area contributed by atoms with Crippen LogP contribution < -0.4 is 0 Å². The Morgan fingerprint density at radius 3 is 2.38 bits per heavy atom. The molecule has 0 aromatic heterocycles. The van der Waals surface area contributed by atoms with Crippen LogP contribution in [0.5, 0.6) is 0 Å². The van der Waals surface area contributed by atoms with E-state index in [0.717, 1.165) is 5.56 Å². The van der Waals surface area contributed by atoms with Crippen molar-refractivity contribution in [3.05, 3.63) is 54.0 Å². The van der Waals surface area contributed by atoms with E-state index in [2.05, 4.69) is 0 Å². The molecule has 16 heavy (non-hydrogen) atoms. The molecule has 0 aliphatic heterocycles. The van der Waals surface area contributed by atoms with Crippen molar-refractivity contribution in [2.24, 2.45) is 0 Å². The van der Waals surface area contributed by atoms with Gasteiger partial charge < -0.3 is 4.90 Å². The quantitative estimate of drug-likeness (QED) is 0.725. The van der Waals surface area contributed by atoms with Crippen molar-refractivity contribution in [3.63, 3.8) is 0 Å². The van der Waals surface area contributed by atoms with Crippen molar-refractivity contribution in [1.29, 1.82) is 0 Å². The summed E-state index contributed by atoms with van der Waals surface area (Å²) in [5.41, 5.74) is 0.799. The van der Waals surface area contributed by atoms with Crippen LogP contribution in [-0.2, 0) is 4.79 Å². The molecule has 2 nitrogen and oxygen atoms in total. The fourth-order valence-electron chi connectivity index (χ4n) is 1.03. The molecule has 1 aromatic rings. The van der Waals surface area contributed by atoms with Gasteiger partial charge in [0.15, 0.2) is 5.78 Å². The molecule has 0 spiro atoms. The average molecular weight is 219 g/mol. The van der Waals surface area contributed by atoms with Gasteiger partial charge in [-0.1, -0.05) is 18.2 Å². The molecular formula is C13H14FNO. The minimum absolute atomic E-state index is 0.0991. The van der Waals surface area contributed by atoms with E-state index in [1.165, 1.54) is 24.3 Å². The molecule has 0 amide bonds. The van der Waals surface area contributed by atoms with Gasteiger partial charge in [-0.3, -0.25) is 4.79 Å². The number of hydrogen-bond donors (Lipinski definition) is 0. The maximum Gasteiger partial charge on any atom is 0.180 e. The molecule has 3 heteroatoms. The van der Waals surface area contributed by atoms with E-state index in [1.807, 2.05) is 14.1 Å². The highest BCUT2D eigenvalue weighted by Crippen LogP contribution is 2.04. The highest BCUT2D eigenvalue weighted by Gasteiger charge is 1.91. The van der Waals surface area contributed by atoms with Crippen LogP contribution in [0.15, 0.2) is 42.6 Å². The third kappa shape index (κ3) is 4.55. The van der Waals surface area contributed by atoms with Crippen molar-refractivity contribution in [2.75, 3.05) is 14.1 Å². The first-order valence-electron chi connectivity index (χ1n) is 4.90. The second kappa shape index (κ2) is 5.85. The van der Waals surface area contributed by atoms with Crippen LogP contribution in [0.2, 0.25) is 0 Å². The summed E-state index contributed by atoms with van der Waals surface area (Å²) in [6.07, 6.45) is 6.26. The molecule has 1 rings (SSSR count). The van der Waals surface area contributed by atoms with Gasteiger partial charge in [-0.15, -0.1) is 0 Å². The monoisotopic (exact) mass is 219 g/mol. The molecule has 84 valence electrons. The number of allylic oxidation sites excluding steroid dienone is 2. The lowest BCUT2D eigenvalue weighted by molar-refractivity contribution is -0.110. The molecule has 0 heterocycles. The summed E-state index contributed by atoms with van der Waals surface area (Å²) in [4.78, 5) is 13.1. The molecule has 0 bridgehead atoms. The number of hydrogen-bond acceptors (Lipinski definition) is 2. The zero-order chi connectivity index (χ0) is 12.0. The molecule has 0 saturated heterocycles. The minimum atomic E-state index is -0.281. The summed E-state index contributed by atoms with van der Waals surface area (Å²) in [7, 11) is 3.68. The third-order valence-electron chi connectivity index (χ3n) is 1.85. The number of nitrogens with zero attached hydrogens (tertiary/aromatic N) is 1. The van der Waals surface area contributed by atoms with E-state index >= 15 is 0 Å². The maximum absolute atomic E-state index is 12.6. The Kier molecular flexibility index (Phi) is 4.45. The zero-order valence-electron chi connectivity index (χ0n) is 9.35. The second-order valence-electron chi connectivity index (χ2n) is 3.57. The Bertz CT molecular complexity index is 404. The maximum atomic E-state index is 12.6. The van der Waals surface area contributed by atoms with Crippen molar-refractivity contribution in [2.45, 2.75) is 0 Å². The zero-order valence-corrected chi connectivity index (χ0v) is 9.35. The largest absolute Gasteiger partial charge is 0.383 e. The fourth-order valence-corrected chi connectivity index (χ4v) is 1.03. The van der Waals surface area contributed by atoms with Crippen LogP contribution in [0.1, 0.15) is 5.56 Å². The minimum Gasteiger partial charge on any atom is -0.383 e. The van der Waals surface area contributed by atoms with Gasteiger partial charge in [-0.05, 0) is 23.8 Å². The number of rotatable bonds is 4. The first kappa shape index (κ1) is 12.2. The van der Waals surface area contributed by atoms with E-state index in [4.69, 9.17) is 0 Å². The van der Waals surface area contributed by atoms with Gasteiger partial charge >= 0.3 is 0 Å². The molecule has 0 aliphatic carbocycles. The highest BCUT2D eigenvalue weighted by atomic mass is 19.1. The summed E-state index contributed by atoms with van der Waals surface area (Å²) in [6, 6.07) is 5.96. The number of carbonyl (C=O) groups is 1. The van der Waals surface area contributed by atoms with Crippen molar-refractivity contribution in [3.8, 4) is 0 Å². The predicted octanol–water partition coefficient (Wildman–Crippen LogP) is 2.48. The first-order valence-corrected chi connectivity index (χ1v) is 4.90. The molecule has 0 atom stereocenters. The Hall–Kier alpha value is -1.90. The van der Waals surface area contributed by atoms with Crippen molar-refractivity contribution < 1.29 is 9.18 Å². The van der Waals surface area contributed by atoms with Crippen molar-refractivity contribution >= 4 is 11.9 Å². The lowest BCUT2D eigenvalue weighted by Gasteiger charge is -2.01. The SMILES string of the molecule is CN(C)/C=C/C(=O)/C=C/c1ccc(F)cc1. The lowest BCUT2D eigenvalue weighted by Crippen LogP contribution is -2.01. The van der Waals surface area contributed by atoms with Crippen LogP contribution in [0.3, 0.4) is 0 Å². The third-order valence-corrected chi connectivity index (χ3v) is 1.85. The molecule has 0 radical (unpaired) electrons. The van der Waals surface area contributed by atoms with E-state index in [0.29, 0.717) is 0 Å². The van der Waals surface area contributed by atoms with Crippen molar-refractivity contribution in [1.82, 2.24) is 4.90 Å². The van der Waals surface area contributed by atoms with Crippen LogP contribution >= 0.6 is 0 Å². The number of ketones is 1. The molecule has 0 saturated carbocycles.